The van der Waals surface area contributed by atoms with Crippen LogP contribution in [0.4, 0.5) is 0 Å². The fourth-order valence-electron chi connectivity index (χ4n) is 0.734. The minimum Gasteiger partial charge on any atom is -0.480 e. The molecule has 1 heterocycles. The van der Waals surface area contributed by atoms with Crippen LogP contribution >= 0.6 is 0 Å². The Morgan fingerprint density at radius 1 is 1.83 bits per heavy atom. The average molecular weight is 171 g/mol. The maximum absolute atomic E-state index is 10.3. The molecule has 0 aliphatic rings. The van der Waals surface area contributed by atoms with Crippen molar-refractivity contribution in [2.45, 2.75) is 19.4 Å². The molecule has 1 atom stereocenters. The fraction of sp³-hybridized carbons (Fsp3) is 0.500. The summed E-state index contributed by atoms with van der Waals surface area (Å²) in [5.41, 5.74) is 5.76. The second-order valence-corrected chi connectivity index (χ2v) is 2.42. The van der Waals surface area contributed by atoms with Crippen LogP contribution in [0.1, 0.15) is 11.5 Å². The summed E-state index contributed by atoms with van der Waals surface area (Å²) in [4.78, 5) is 10.3. The molecule has 12 heavy (non-hydrogen) atoms. The van der Waals surface area contributed by atoms with Crippen molar-refractivity contribution in [1.29, 1.82) is 0 Å². The lowest BCUT2D eigenvalue weighted by Gasteiger charge is -2.01. The third-order valence-corrected chi connectivity index (χ3v) is 1.48. The van der Waals surface area contributed by atoms with E-state index in [1.807, 2.05) is 0 Å². The van der Waals surface area contributed by atoms with Crippen LogP contribution in [-0.4, -0.2) is 27.5 Å². The summed E-state index contributed by atoms with van der Waals surface area (Å²) in [6.45, 7) is 1.66. The van der Waals surface area contributed by atoms with Crippen LogP contribution < -0.4 is 5.73 Å². The van der Waals surface area contributed by atoms with E-state index in [4.69, 9.17) is 10.8 Å². The molecule has 0 saturated heterocycles. The van der Waals surface area contributed by atoms with Crippen molar-refractivity contribution in [3.05, 3.63) is 11.5 Å². The molecule has 1 unspecified atom stereocenters. The first-order chi connectivity index (χ1) is 5.61. The van der Waals surface area contributed by atoms with Gasteiger partial charge >= 0.3 is 5.97 Å². The summed E-state index contributed by atoms with van der Waals surface area (Å²) in [5, 5.41) is 15.3. The number of rotatable bonds is 3. The zero-order valence-electron chi connectivity index (χ0n) is 6.52. The minimum absolute atomic E-state index is 0.144. The number of carboxylic acids is 1. The van der Waals surface area contributed by atoms with Gasteiger partial charge in [-0.2, -0.15) is 0 Å². The van der Waals surface area contributed by atoms with Gasteiger partial charge in [-0.1, -0.05) is 0 Å². The van der Waals surface area contributed by atoms with Gasteiger partial charge in [-0.25, -0.2) is 0 Å². The van der Waals surface area contributed by atoms with Gasteiger partial charge in [-0.05, 0) is 6.92 Å². The number of aliphatic carboxylic acids is 1. The predicted octanol–water partition coefficient (Wildman–Crippen LogP) is -0.668. The summed E-state index contributed by atoms with van der Waals surface area (Å²) in [7, 11) is 0. The van der Waals surface area contributed by atoms with E-state index < -0.39 is 12.0 Å². The van der Waals surface area contributed by atoms with E-state index in [1.54, 1.807) is 6.92 Å². The molecular formula is C6H9N3O3. The molecule has 0 bridgehead atoms. The predicted molar refractivity (Wildman–Crippen MR) is 38.4 cm³/mol. The van der Waals surface area contributed by atoms with E-state index in [9.17, 15) is 4.79 Å². The second-order valence-electron chi connectivity index (χ2n) is 2.42. The summed E-state index contributed by atoms with van der Waals surface area (Å²) in [5.74, 6) is -0.552. The molecular weight excluding hydrogens is 162 g/mol. The smallest absolute Gasteiger partial charge is 0.320 e. The van der Waals surface area contributed by atoms with Crippen molar-refractivity contribution in [2.75, 3.05) is 0 Å². The topological polar surface area (TPSA) is 102 Å². The Bertz CT molecular complexity index is 283. The SMILES string of the molecule is Cc1onnc1CC(N)C(=O)O. The zero-order valence-corrected chi connectivity index (χ0v) is 6.52. The molecule has 0 aliphatic carbocycles. The Balaban J connectivity index is 2.64. The van der Waals surface area contributed by atoms with Gasteiger partial charge in [0.2, 0.25) is 0 Å². The zero-order chi connectivity index (χ0) is 9.14. The molecule has 0 spiro atoms. The fourth-order valence-corrected chi connectivity index (χ4v) is 0.734. The van der Waals surface area contributed by atoms with Gasteiger partial charge in [-0.15, -0.1) is 5.10 Å². The van der Waals surface area contributed by atoms with E-state index >= 15 is 0 Å². The lowest BCUT2D eigenvalue weighted by Crippen LogP contribution is -2.32. The number of aryl methyl sites for hydroxylation is 1. The van der Waals surface area contributed by atoms with E-state index in [-0.39, 0.29) is 6.42 Å². The van der Waals surface area contributed by atoms with Crippen molar-refractivity contribution in [3.8, 4) is 0 Å². The average Bonchev–Trinajstić information content (AvgIpc) is 2.36. The maximum atomic E-state index is 10.3. The van der Waals surface area contributed by atoms with Gasteiger partial charge in [0, 0.05) is 11.7 Å². The first-order valence-corrected chi connectivity index (χ1v) is 3.37. The van der Waals surface area contributed by atoms with Crippen LogP contribution in [0.5, 0.6) is 0 Å². The Morgan fingerprint density at radius 3 is 2.92 bits per heavy atom. The van der Waals surface area contributed by atoms with Crippen LogP contribution in [0.3, 0.4) is 0 Å². The van der Waals surface area contributed by atoms with E-state index in [0.717, 1.165) is 0 Å². The molecule has 1 aromatic rings. The third-order valence-electron chi connectivity index (χ3n) is 1.48. The van der Waals surface area contributed by atoms with Crippen molar-refractivity contribution in [2.24, 2.45) is 5.73 Å². The maximum Gasteiger partial charge on any atom is 0.320 e. The standard InChI is InChI=1S/C6H9N3O3/c1-3-5(8-9-12-3)2-4(7)6(10)11/h4H,2,7H2,1H3,(H,10,11). The van der Waals surface area contributed by atoms with Crippen LogP contribution in [-0.2, 0) is 11.2 Å². The minimum atomic E-state index is -1.06. The Labute approximate surface area is 68.3 Å². The lowest BCUT2D eigenvalue weighted by atomic mass is 10.1. The Hall–Kier alpha value is -1.43. The number of nitrogens with two attached hydrogens (primary N) is 1. The van der Waals surface area contributed by atoms with E-state index in [0.29, 0.717) is 11.5 Å². The first kappa shape index (κ1) is 8.66. The third kappa shape index (κ3) is 1.79. The van der Waals surface area contributed by atoms with Gasteiger partial charge in [0.15, 0.2) is 5.76 Å². The van der Waals surface area contributed by atoms with Crippen LogP contribution in [0.2, 0.25) is 0 Å². The second kappa shape index (κ2) is 3.31. The van der Waals surface area contributed by atoms with Crippen molar-refractivity contribution in [3.63, 3.8) is 0 Å². The highest BCUT2D eigenvalue weighted by Crippen LogP contribution is 2.04. The van der Waals surface area contributed by atoms with Crippen LogP contribution in [0.15, 0.2) is 4.52 Å². The molecule has 6 nitrogen and oxygen atoms in total. The largest absolute Gasteiger partial charge is 0.480 e. The summed E-state index contributed by atoms with van der Waals surface area (Å²) >= 11 is 0. The van der Waals surface area contributed by atoms with E-state index in [1.165, 1.54) is 0 Å². The summed E-state index contributed by atoms with van der Waals surface area (Å²) in [6.07, 6.45) is 0.144. The number of carboxylic acid groups (broad SMARTS) is 1. The molecule has 1 aromatic heterocycles. The Morgan fingerprint density at radius 2 is 2.50 bits per heavy atom. The van der Waals surface area contributed by atoms with Gasteiger partial charge in [0.1, 0.15) is 11.7 Å². The van der Waals surface area contributed by atoms with Crippen LogP contribution in [0.25, 0.3) is 0 Å². The number of carbonyl (C=O) groups is 1. The summed E-state index contributed by atoms with van der Waals surface area (Å²) in [6, 6.07) is -0.949. The lowest BCUT2D eigenvalue weighted by molar-refractivity contribution is -0.138. The molecule has 0 aliphatic heterocycles. The highest BCUT2D eigenvalue weighted by molar-refractivity contribution is 5.73. The van der Waals surface area contributed by atoms with Gasteiger partial charge in [0.25, 0.3) is 0 Å². The first-order valence-electron chi connectivity index (χ1n) is 3.37. The molecule has 66 valence electrons. The number of aromatic nitrogens is 2. The molecule has 0 saturated carbocycles. The normalized spacial score (nSPS) is 12.8. The molecule has 0 aromatic carbocycles. The highest BCUT2D eigenvalue weighted by atomic mass is 16.5. The monoisotopic (exact) mass is 171 g/mol. The van der Waals surface area contributed by atoms with Gasteiger partial charge in [-0.3, -0.25) is 4.79 Å². The van der Waals surface area contributed by atoms with Gasteiger partial charge in [0.05, 0.1) is 0 Å². The van der Waals surface area contributed by atoms with Crippen molar-refractivity contribution < 1.29 is 14.4 Å². The van der Waals surface area contributed by atoms with Crippen molar-refractivity contribution in [1.82, 2.24) is 10.4 Å². The van der Waals surface area contributed by atoms with Crippen molar-refractivity contribution >= 4 is 5.97 Å². The number of nitrogens with zero attached hydrogens (tertiary/aromatic N) is 2. The van der Waals surface area contributed by atoms with E-state index in [2.05, 4.69) is 14.9 Å². The molecule has 1 rings (SSSR count). The Kier molecular flexibility index (Phi) is 2.39. The molecule has 0 fully saturated rings. The molecule has 0 amide bonds. The summed E-state index contributed by atoms with van der Waals surface area (Å²) < 4.78 is 4.64. The molecule has 0 radical (unpaired) electrons. The molecule has 3 N–H and O–H groups in total. The van der Waals surface area contributed by atoms with Crippen LogP contribution in [0, 0.1) is 6.92 Å². The number of hydrogen-bond donors (Lipinski definition) is 2. The highest BCUT2D eigenvalue weighted by Gasteiger charge is 2.16. The van der Waals surface area contributed by atoms with Gasteiger partial charge < -0.3 is 15.4 Å². The molecule has 6 heteroatoms. The quantitative estimate of drug-likeness (QED) is 0.625. The number of hydrogen-bond acceptors (Lipinski definition) is 5.